The predicted octanol–water partition coefficient (Wildman–Crippen LogP) is 3.31. The van der Waals surface area contributed by atoms with Gasteiger partial charge in [0.15, 0.2) is 0 Å². The summed E-state index contributed by atoms with van der Waals surface area (Å²) in [5.41, 5.74) is 0.117. The lowest BCUT2D eigenvalue weighted by Gasteiger charge is -2.26. The monoisotopic (exact) mass is 428 g/mol. The molecule has 0 spiro atoms. The smallest absolute Gasteiger partial charge is 0.326 e. The normalized spacial score (nSPS) is 13.3. The number of hydrogen-bond acceptors (Lipinski definition) is 5. The molecule has 1 aliphatic heterocycles. The highest BCUT2D eigenvalue weighted by atomic mass is 35.5. The molecular formula is C22H21ClN2O5. The number of halogens is 1. The first-order chi connectivity index (χ1) is 14.1. The largest absolute Gasteiger partial charge is 0.459 e. The van der Waals surface area contributed by atoms with Crippen molar-refractivity contribution in [2.45, 2.75) is 26.4 Å². The first-order valence-corrected chi connectivity index (χ1v) is 9.67. The van der Waals surface area contributed by atoms with Gasteiger partial charge in [-0.3, -0.25) is 29.0 Å². The van der Waals surface area contributed by atoms with Crippen LogP contribution in [0.1, 0.15) is 41.5 Å². The molecule has 0 bridgehead atoms. The number of fused-ring (bicyclic) bond motifs is 1. The van der Waals surface area contributed by atoms with E-state index in [0.717, 1.165) is 9.80 Å². The Morgan fingerprint density at radius 3 is 2.13 bits per heavy atom. The molecule has 0 aromatic heterocycles. The van der Waals surface area contributed by atoms with Crippen molar-refractivity contribution in [3.05, 3.63) is 64.7 Å². The number of benzene rings is 2. The summed E-state index contributed by atoms with van der Waals surface area (Å²) in [4.78, 5) is 52.7. The Labute approximate surface area is 179 Å². The predicted molar refractivity (Wildman–Crippen MR) is 111 cm³/mol. The SMILES string of the molecule is CC(C)(C)OC(=O)CN(C(=O)CN1C(=O)c2ccccc2C1=O)c1cccc(Cl)c1. The molecule has 0 saturated heterocycles. The van der Waals surface area contributed by atoms with E-state index in [4.69, 9.17) is 16.3 Å². The average Bonchev–Trinajstić information content (AvgIpc) is 2.90. The molecule has 2 aromatic rings. The van der Waals surface area contributed by atoms with Crippen molar-refractivity contribution in [1.29, 1.82) is 0 Å². The van der Waals surface area contributed by atoms with E-state index in [-0.39, 0.29) is 17.7 Å². The van der Waals surface area contributed by atoms with Crippen LogP contribution in [-0.4, -0.2) is 47.3 Å². The van der Waals surface area contributed by atoms with Crippen LogP contribution in [-0.2, 0) is 14.3 Å². The highest BCUT2D eigenvalue weighted by Gasteiger charge is 2.37. The number of carbonyl (C=O) groups excluding carboxylic acids is 4. The molecule has 7 nitrogen and oxygen atoms in total. The maximum absolute atomic E-state index is 13.1. The Hall–Kier alpha value is -3.19. The van der Waals surface area contributed by atoms with Crippen LogP contribution in [0.3, 0.4) is 0 Å². The summed E-state index contributed by atoms with van der Waals surface area (Å²) in [5.74, 6) is -2.34. The van der Waals surface area contributed by atoms with Crippen LogP contribution in [0.15, 0.2) is 48.5 Å². The maximum atomic E-state index is 13.1. The molecule has 0 saturated carbocycles. The lowest BCUT2D eigenvalue weighted by molar-refractivity contribution is -0.153. The van der Waals surface area contributed by atoms with E-state index in [0.29, 0.717) is 10.7 Å². The fourth-order valence-corrected chi connectivity index (χ4v) is 3.26. The van der Waals surface area contributed by atoms with Gasteiger partial charge in [0.05, 0.1) is 11.1 Å². The fraction of sp³-hybridized carbons (Fsp3) is 0.273. The van der Waals surface area contributed by atoms with Crippen molar-refractivity contribution in [1.82, 2.24) is 4.90 Å². The Bertz CT molecular complexity index is 993. The van der Waals surface area contributed by atoms with E-state index in [1.807, 2.05) is 0 Å². The maximum Gasteiger partial charge on any atom is 0.326 e. The second-order valence-corrected chi connectivity index (χ2v) is 8.22. The summed E-state index contributed by atoms with van der Waals surface area (Å²) in [6.45, 7) is 4.25. The third-order valence-corrected chi connectivity index (χ3v) is 4.53. The molecule has 30 heavy (non-hydrogen) atoms. The number of nitrogens with zero attached hydrogens (tertiary/aromatic N) is 2. The van der Waals surface area contributed by atoms with E-state index in [9.17, 15) is 19.2 Å². The highest BCUT2D eigenvalue weighted by Crippen LogP contribution is 2.24. The van der Waals surface area contributed by atoms with Gasteiger partial charge in [-0.25, -0.2) is 0 Å². The van der Waals surface area contributed by atoms with Crippen LogP contribution >= 0.6 is 11.6 Å². The zero-order chi connectivity index (χ0) is 22.1. The van der Waals surface area contributed by atoms with Gasteiger partial charge in [-0.2, -0.15) is 0 Å². The quantitative estimate of drug-likeness (QED) is 0.539. The van der Waals surface area contributed by atoms with Crippen molar-refractivity contribution < 1.29 is 23.9 Å². The summed E-state index contributed by atoms with van der Waals surface area (Å²) in [6.07, 6.45) is 0. The first-order valence-electron chi connectivity index (χ1n) is 9.30. The fourth-order valence-electron chi connectivity index (χ4n) is 3.07. The number of hydrogen-bond donors (Lipinski definition) is 0. The van der Waals surface area contributed by atoms with Gasteiger partial charge in [-0.15, -0.1) is 0 Å². The molecule has 0 fully saturated rings. The van der Waals surface area contributed by atoms with Gasteiger partial charge in [0.1, 0.15) is 18.7 Å². The van der Waals surface area contributed by atoms with Gasteiger partial charge in [-0.05, 0) is 51.1 Å². The summed E-state index contributed by atoms with van der Waals surface area (Å²) in [5, 5.41) is 0.371. The number of esters is 1. The molecule has 8 heteroatoms. The number of ether oxygens (including phenoxy) is 1. The molecule has 0 N–H and O–H groups in total. The van der Waals surface area contributed by atoms with Crippen LogP contribution in [0.2, 0.25) is 5.02 Å². The van der Waals surface area contributed by atoms with Gasteiger partial charge in [0.2, 0.25) is 5.91 Å². The van der Waals surface area contributed by atoms with Gasteiger partial charge in [-0.1, -0.05) is 29.8 Å². The van der Waals surface area contributed by atoms with E-state index in [1.165, 1.54) is 18.2 Å². The molecule has 1 heterocycles. The molecule has 3 amide bonds. The lowest BCUT2D eigenvalue weighted by Crippen LogP contribution is -2.45. The van der Waals surface area contributed by atoms with Crippen LogP contribution < -0.4 is 4.90 Å². The molecule has 3 rings (SSSR count). The third-order valence-electron chi connectivity index (χ3n) is 4.30. The van der Waals surface area contributed by atoms with E-state index in [2.05, 4.69) is 0 Å². The van der Waals surface area contributed by atoms with Crippen molar-refractivity contribution in [2.24, 2.45) is 0 Å². The molecule has 156 valence electrons. The Balaban J connectivity index is 1.85. The molecule has 0 unspecified atom stereocenters. The highest BCUT2D eigenvalue weighted by molar-refractivity contribution is 6.31. The van der Waals surface area contributed by atoms with Crippen molar-refractivity contribution in [2.75, 3.05) is 18.0 Å². The van der Waals surface area contributed by atoms with Crippen LogP contribution in [0, 0.1) is 0 Å². The lowest BCUT2D eigenvalue weighted by atomic mass is 10.1. The zero-order valence-electron chi connectivity index (χ0n) is 16.8. The number of amides is 3. The third kappa shape index (κ3) is 4.68. The standard InChI is InChI=1S/C22H21ClN2O5/c1-22(2,3)30-19(27)13-24(15-8-6-7-14(23)11-15)18(26)12-25-20(28)16-9-4-5-10-17(16)21(25)29/h4-11H,12-13H2,1-3H3. The molecule has 2 aromatic carbocycles. The van der Waals surface area contributed by atoms with Gasteiger partial charge in [0.25, 0.3) is 11.8 Å². The van der Waals surface area contributed by atoms with E-state index < -0.39 is 35.8 Å². The molecule has 1 aliphatic rings. The zero-order valence-corrected chi connectivity index (χ0v) is 17.6. The van der Waals surface area contributed by atoms with Crippen LogP contribution in [0.5, 0.6) is 0 Å². The van der Waals surface area contributed by atoms with Crippen molar-refractivity contribution in [3.63, 3.8) is 0 Å². The second-order valence-electron chi connectivity index (χ2n) is 7.79. The van der Waals surface area contributed by atoms with E-state index >= 15 is 0 Å². The van der Waals surface area contributed by atoms with Gasteiger partial charge in [0, 0.05) is 10.7 Å². The summed E-state index contributed by atoms with van der Waals surface area (Å²) < 4.78 is 5.32. The summed E-state index contributed by atoms with van der Waals surface area (Å²) in [7, 11) is 0. The van der Waals surface area contributed by atoms with Gasteiger partial charge >= 0.3 is 5.97 Å². The van der Waals surface area contributed by atoms with Crippen molar-refractivity contribution >= 4 is 41.0 Å². The van der Waals surface area contributed by atoms with Crippen LogP contribution in [0.4, 0.5) is 5.69 Å². The summed E-state index contributed by atoms with van der Waals surface area (Å²) >= 11 is 6.04. The van der Waals surface area contributed by atoms with Crippen molar-refractivity contribution in [3.8, 4) is 0 Å². The Kier molecular flexibility index (Phi) is 5.94. The van der Waals surface area contributed by atoms with E-state index in [1.54, 1.807) is 51.1 Å². The minimum Gasteiger partial charge on any atom is -0.459 e. The topological polar surface area (TPSA) is 84.0 Å². The molecular weight excluding hydrogens is 408 g/mol. The Morgan fingerprint density at radius 1 is 1.00 bits per heavy atom. The summed E-state index contributed by atoms with van der Waals surface area (Å²) in [6, 6.07) is 12.8. The minimum absolute atomic E-state index is 0.247. The number of rotatable bonds is 5. The Morgan fingerprint density at radius 2 is 1.60 bits per heavy atom. The van der Waals surface area contributed by atoms with Crippen LogP contribution in [0.25, 0.3) is 0 Å². The first kappa shape index (κ1) is 21.5. The molecule has 0 aliphatic carbocycles. The average molecular weight is 429 g/mol. The molecule has 0 atom stereocenters. The number of imide groups is 1. The number of carbonyl (C=O) groups is 4. The van der Waals surface area contributed by atoms with Gasteiger partial charge < -0.3 is 4.74 Å². The minimum atomic E-state index is -0.733. The number of anilines is 1. The second kappa shape index (κ2) is 8.28. The molecule has 0 radical (unpaired) electrons.